The van der Waals surface area contributed by atoms with E-state index >= 15 is 0 Å². The fourth-order valence-corrected chi connectivity index (χ4v) is 3.87. The Hall–Kier alpha value is -3.10. The Balaban J connectivity index is 1.35. The number of aryl methyl sites for hydroxylation is 1. The summed E-state index contributed by atoms with van der Waals surface area (Å²) in [6.45, 7) is 1.13. The maximum atomic E-state index is 12.6. The Morgan fingerprint density at radius 2 is 1.90 bits per heavy atom. The second-order valence-electron chi connectivity index (χ2n) is 7.79. The highest BCUT2D eigenvalue weighted by Gasteiger charge is 2.26. The van der Waals surface area contributed by atoms with Crippen LogP contribution < -0.4 is 20.1 Å². The molecule has 0 radical (unpaired) electrons. The number of hydrogen-bond acceptors (Lipinski definition) is 6. The average Bonchev–Trinajstić information content (AvgIpc) is 3.31. The Bertz CT molecular complexity index is 848. The third-order valence-corrected chi connectivity index (χ3v) is 5.64. The Morgan fingerprint density at radius 1 is 1.13 bits per heavy atom. The molecule has 9 nitrogen and oxygen atoms in total. The predicted molar refractivity (Wildman–Crippen MR) is 115 cm³/mol. The minimum Gasteiger partial charge on any atom is -0.493 e. The van der Waals surface area contributed by atoms with Gasteiger partial charge in [-0.15, -0.1) is 0 Å². The van der Waals surface area contributed by atoms with Gasteiger partial charge in [0.25, 0.3) is 0 Å². The van der Waals surface area contributed by atoms with Gasteiger partial charge in [0, 0.05) is 31.5 Å². The lowest BCUT2D eigenvalue weighted by Crippen LogP contribution is -2.40. The zero-order valence-electron chi connectivity index (χ0n) is 18.2. The first kappa shape index (κ1) is 22.6. The van der Waals surface area contributed by atoms with Crippen LogP contribution in [0.2, 0.25) is 0 Å². The van der Waals surface area contributed by atoms with Crippen LogP contribution in [0.5, 0.6) is 11.5 Å². The second-order valence-corrected chi connectivity index (χ2v) is 7.79. The molecule has 1 aromatic carbocycles. The van der Waals surface area contributed by atoms with Crippen LogP contribution in [0.4, 0.5) is 0 Å². The van der Waals surface area contributed by atoms with Crippen LogP contribution in [-0.4, -0.2) is 46.8 Å². The zero-order valence-corrected chi connectivity index (χ0v) is 18.2. The number of aromatic nitrogens is 3. The molecule has 1 fully saturated rings. The van der Waals surface area contributed by atoms with E-state index in [2.05, 4.69) is 20.7 Å². The molecule has 2 N–H and O–H groups in total. The summed E-state index contributed by atoms with van der Waals surface area (Å²) in [7, 11) is 3.19. The van der Waals surface area contributed by atoms with E-state index in [1.807, 2.05) is 18.2 Å². The standard InChI is InChI=1S/C22H31N5O4/c1-30-19-10-5-16(12-20(19)31-2)13-24-22(29)17-6-8-18(9-7-17)26-21(28)4-3-11-27-15-23-14-25-27/h5,10,12,14-15,17-18H,3-4,6-9,11,13H2,1-2H3,(H,24,29)(H,26,28). The number of carbonyl (C=O) groups is 2. The highest BCUT2D eigenvalue weighted by molar-refractivity contribution is 5.79. The molecule has 0 bridgehead atoms. The van der Waals surface area contributed by atoms with E-state index in [1.165, 1.54) is 6.33 Å². The summed E-state index contributed by atoms with van der Waals surface area (Å²) in [5, 5.41) is 10.1. The van der Waals surface area contributed by atoms with Crippen molar-refractivity contribution in [1.29, 1.82) is 0 Å². The van der Waals surface area contributed by atoms with Crippen molar-refractivity contribution in [1.82, 2.24) is 25.4 Å². The number of methoxy groups -OCH3 is 2. The lowest BCUT2D eigenvalue weighted by atomic mass is 9.85. The normalized spacial score (nSPS) is 18.3. The van der Waals surface area contributed by atoms with Crippen molar-refractivity contribution in [2.24, 2.45) is 5.92 Å². The van der Waals surface area contributed by atoms with Gasteiger partial charge < -0.3 is 20.1 Å². The molecule has 0 atom stereocenters. The van der Waals surface area contributed by atoms with Gasteiger partial charge in [0.1, 0.15) is 12.7 Å². The van der Waals surface area contributed by atoms with Crippen molar-refractivity contribution in [2.75, 3.05) is 14.2 Å². The first-order chi connectivity index (χ1) is 15.1. The lowest BCUT2D eigenvalue weighted by Gasteiger charge is -2.28. The summed E-state index contributed by atoms with van der Waals surface area (Å²) in [5.41, 5.74) is 0.956. The van der Waals surface area contributed by atoms with Gasteiger partial charge in [-0.2, -0.15) is 5.10 Å². The lowest BCUT2D eigenvalue weighted by molar-refractivity contribution is -0.126. The number of nitrogens with zero attached hydrogens (tertiary/aromatic N) is 3. The molecule has 1 aliphatic rings. The minimum atomic E-state index is -0.0133. The predicted octanol–water partition coefficient (Wildman–Crippen LogP) is 2.07. The molecular weight excluding hydrogens is 398 g/mol. The number of benzene rings is 1. The summed E-state index contributed by atoms with van der Waals surface area (Å²) >= 11 is 0. The molecule has 0 unspecified atom stereocenters. The zero-order chi connectivity index (χ0) is 22.1. The molecule has 0 spiro atoms. The average molecular weight is 430 g/mol. The number of nitrogens with one attached hydrogen (secondary N) is 2. The minimum absolute atomic E-state index is 0.0133. The molecule has 1 aliphatic carbocycles. The van der Waals surface area contributed by atoms with Crippen LogP contribution in [0.25, 0.3) is 0 Å². The first-order valence-corrected chi connectivity index (χ1v) is 10.7. The van der Waals surface area contributed by atoms with E-state index in [0.717, 1.165) is 37.7 Å². The van der Waals surface area contributed by atoms with Gasteiger partial charge in [-0.3, -0.25) is 14.3 Å². The Kier molecular flexibility index (Phi) is 8.26. The van der Waals surface area contributed by atoms with Crippen molar-refractivity contribution >= 4 is 11.8 Å². The van der Waals surface area contributed by atoms with Gasteiger partial charge in [0.05, 0.1) is 14.2 Å². The van der Waals surface area contributed by atoms with Gasteiger partial charge in [-0.1, -0.05) is 6.07 Å². The van der Waals surface area contributed by atoms with E-state index in [0.29, 0.717) is 31.0 Å². The van der Waals surface area contributed by atoms with E-state index in [9.17, 15) is 9.59 Å². The SMILES string of the molecule is COc1ccc(CNC(=O)C2CCC(NC(=O)CCCn3cncn3)CC2)cc1OC. The van der Waals surface area contributed by atoms with Crippen molar-refractivity contribution in [3.05, 3.63) is 36.4 Å². The monoisotopic (exact) mass is 429 g/mol. The fraction of sp³-hybridized carbons (Fsp3) is 0.545. The third kappa shape index (κ3) is 6.70. The van der Waals surface area contributed by atoms with Crippen LogP contribution in [-0.2, 0) is 22.7 Å². The van der Waals surface area contributed by atoms with Crippen LogP contribution in [0.15, 0.2) is 30.9 Å². The van der Waals surface area contributed by atoms with Gasteiger partial charge >= 0.3 is 0 Å². The molecule has 3 rings (SSSR count). The van der Waals surface area contributed by atoms with Gasteiger partial charge in [-0.25, -0.2) is 4.98 Å². The summed E-state index contributed by atoms with van der Waals surface area (Å²) in [6.07, 6.45) is 7.53. The highest BCUT2D eigenvalue weighted by Crippen LogP contribution is 2.28. The summed E-state index contributed by atoms with van der Waals surface area (Å²) in [4.78, 5) is 28.6. The fourth-order valence-electron chi connectivity index (χ4n) is 3.87. The topological polar surface area (TPSA) is 107 Å². The van der Waals surface area contributed by atoms with Gasteiger partial charge in [0.15, 0.2) is 11.5 Å². The third-order valence-electron chi connectivity index (χ3n) is 5.64. The van der Waals surface area contributed by atoms with E-state index in [-0.39, 0.29) is 23.8 Å². The van der Waals surface area contributed by atoms with Crippen LogP contribution in [0, 0.1) is 5.92 Å². The van der Waals surface area contributed by atoms with Crippen LogP contribution in [0.3, 0.4) is 0 Å². The number of carbonyl (C=O) groups excluding carboxylic acids is 2. The Labute approximate surface area is 182 Å². The van der Waals surface area contributed by atoms with Crippen molar-refractivity contribution < 1.29 is 19.1 Å². The van der Waals surface area contributed by atoms with Crippen molar-refractivity contribution in [3.63, 3.8) is 0 Å². The van der Waals surface area contributed by atoms with Gasteiger partial charge in [-0.05, 0) is 49.8 Å². The van der Waals surface area contributed by atoms with E-state index in [4.69, 9.17) is 9.47 Å². The summed E-state index contributed by atoms with van der Waals surface area (Å²) in [6, 6.07) is 5.76. The molecule has 2 amide bonds. The van der Waals surface area contributed by atoms with Crippen molar-refractivity contribution in [2.45, 2.75) is 57.7 Å². The number of rotatable bonds is 10. The molecule has 2 aromatic rings. The molecular formula is C22H31N5O4. The molecule has 1 aromatic heterocycles. The summed E-state index contributed by atoms with van der Waals surface area (Å²) < 4.78 is 12.3. The Morgan fingerprint density at radius 3 is 2.58 bits per heavy atom. The number of ether oxygens (including phenoxy) is 2. The number of amides is 2. The molecule has 168 valence electrons. The number of hydrogen-bond donors (Lipinski definition) is 2. The van der Waals surface area contributed by atoms with Crippen molar-refractivity contribution in [3.8, 4) is 11.5 Å². The van der Waals surface area contributed by atoms with Gasteiger partial charge in [0.2, 0.25) is 11.8 Å². The van der Waals surface area contributed by atoms with Crippen LogP contribution in [0.1, 0.15) is 44.1 Å². The largest absolute Gasteiger partial charge is 0.493 e. The highest BCUT2D eigenvalue weighted by atomic mass is 16.5. The molecule has 31 heavy (non-hydrogen) atoms. The molecule has 9 heteroatoms. The maximum Gasteiger partial charge on any atom is 0.223 e. The van der Waals surface area contributed by atoms with E-state index in [1.54, 1.807) is 25.2 Å². The molecule has 1 heterocycles. The molecule has 0 aliphatic heterocycles. The van der Waals surface area contributed by atoms with E-state index < -0.39 is 0 Å². The molecule has 1 saturated carbocycles. The van der Waals surface area contributed by atoms with Crippen LogP contribution >= 0.6 is 0 Å². The maximum absolute atomic E-state index is 12.6. The second kappa shape index (κ2) is 11.3. The smallest absolute Gasteiger partial charge is 0.223 e. The quantitative estimate of drug-likeness (QED) is 0.599. The first-order valence-electron chi connectivity index (χ1n) is 10.7. The molecule has 0 saturated heterocycles. The summed E-state index contributed by atoms with van der Waals surface area (Å²) in [5.74, 6) is 1.41.